The standard InChI is InChI=1S/C15H18N4O/c1-18(9-10-19-8-3-2-7-14(19)20)13-6-4-5-12(11-13)15(16)17/h2-8,11H,9-10H2,1H3,(H3,16,17). The van der Waals surface area contributed by atoms with Gasteiger partial charge in [0.25, 0.3) is 5.56 Å². The number of pyridine rings is 1. The van der Waals surface area contributed by atoms with Gasteiger partial charge in [0.1, 0.15) is 5.84 Å². The highest BCUT2D eigenvalue weighted by atomic mass is 16.1. The van der Waals surface area contributed by atoms with Crippen LogP contribution in [0.5, 0.6) is 0 Å². The number of aromatic nitrogens is 1. The number of hydrogen-bond acceptors (Lipinski definition) is 3. The molecule has 0 aliphatic heterocycles. The van der Waals surface area contributed by atoms with Crippen molar-refractivity contribution in [3.8, 4) is 0 Å². The molecule has 5 nitrogen and oxygen atoms in total. The van der Waals surface area contributed by atoms with E-state index in [1.165, 1.54) is 0 Å². The fourth-order valence-corrected chi connectivity index (χ4v) is 1.94. The SMILES string of the molecule is CN(CCn1ccccc1=O)c1cccc(C(=N)N)c1. The molecular formula is C15H18N4O. The fraction of sp³-hybridized carbons (Fsp3) is 0.200. The van der Waals surface area contributed by atoms with Gasteiger partial charge in [-0.05, 0) is 18.2 Å². The van der Waals surface area contributed by atoms with Crippen LogP contribution >= 0.6 is 0 Å². The van der Waals surface area contributed by atoms with Crippen molar-refractivity contribution in [3.05, 3.63) is 64.6 Å². The Morgan fingerprint density at radius 3 is 2.80 bits per heavy atom. The van der Waals surface area contributed by atoms with Crippen molar-refractivity contribution in [1.29, 1.82) is 5.41 Å². The minimum atomic E-state index is -0.00149. The molecule has 0 atom stereocenters. The summed E-state index contributed by atoms with van der Waals surface area (Å²) in [5, 5.41) is 7.45. The van der Waals surface area contributed by atoms with Crippen LogP contribution in [-0.2, 0) is 6.54 Å². The van der Waals surface area contributed by atoms with E-state index in [9.17, 15) is 4.79 Å². The van der Waals surface area contributed by atoms with Crippen molar-refractivity contribution < 1.29 is 0 Å². The second-order valence-electron chi connectivity index (χ2n) is 4.62. The molecule has 20 heavy (non-hydrogen) atoms. The van der Waals surface area contributed by atoms with E-state index in [4.69, 9.17) is 11.1 Å². The molecule has 2 aromatic rings. The summed E-state index contributed by atoms with van der Waals surface area (Å²) in [5.74, 6) is 0.0551. The first kappa shape index (κ1) is 13.9. The molecule has 0 saturated carbocycles. The minimum absolute atomic E-state index is 0.00149. The molecule has 0 aliphatic rings. The second-order valence-corrected chi connectivity index (χ2v) is 4.62. The normalized spacial score (nSPS) is 10.2. The van der Waals surface area contributed by atoms with E-state index in [0.717, 1.165) is 5.69 Å². The number of nitrogens with one attached hydrogen (secondary N) is 1. The van der Waals surface area contributed by atoms with Gasteiger partial charge in [-0.3, -0.25) is 10.2 Å². The van der Waals surface area contributed by atoms with Crippen molar-refractivity contribution in [3.63, 3.8) is 0 Å². The molecule has 1 aromatic carbocycles. The molecule has 1 heterocycles. The maximum atomic E-state index is 11.6. The van der Waals surface area contributed by atoms with Crippen LogP contribution in [0.25, 0.3) is 0 Å². The molecule has 5 heteroatoms. The largest absolute Gasteiger partial charge is 0.384 e. The van der Waals surface area contributed by atoms with E-state index in [0.29, 0.717) is 18.7 Å². The van der Waals surface area contributed by atoms with E-state index >= 15 is 0 Å². The number of hydrogen-bond donors (Lipinski definition) is 2. The first-order valence-corrected chi connectivity index (χ1v) is 6.39. The maximum Gasteiger partial charge on any atom is 0.250 e. The molecule has 104 valence electrons. The molecule has 0 radical (unpaired) electrons. The quantitative estimate of drug-likeness (QED) is 0.634. The monoisotopic (exact) mass is 270 g/mol. The van der Waals surface area contributed by atoms with Crippen LogP contribution in [0.3, 0.4) is 0 Å². The highest BCUT2D eigenvalue weighted by Gasteiger charge is 2.04. The lowest BCUT2D eigenvalue weighted by Crippen LogP contribution is -2.27. The third-order valence-corrected chi connectivity index (χ3v) is 3.17. The van der Waals surface area contributed by atoms with Crippen LogP contribution in [0.4, 0.5) is 5.69 Å². The molecule has 0 fully saturated rings. The highest BCUT2D eigenvalue weighted by Crippen LogP contribution is 2.14. The van der Waals surface area contributed by atoms with Gasteiger partial charge in [0.05, 0.1) is 0 Å². The maximum absolute atomic E-state index is 11.6. The van der Waals surface area contributed by atoms with Gasteiger partial charge in [0, 0.05) is 43.7 Å². The van der Waals surface area contributed by atoms with E-state index in [2.05, 4.69) is 0 Å². The predicted molar refractivity (Wildman–Crippen MR) is 81.4 cm³/mol. The van der Waals surface area contributed by atoms with Crippen molar-refractivity contribution in [2.24, 2.45) is 5.73 Å². The van der Waals surface area contributed by atoms with Crippen LogP contribution in [0.15, 0.2) is 53.5 Å². The summed E-state index contributed by atoms with van der Waals surface area (Å²) < 4.78 is 1.67. The topological polar surface area (TPSA) is 75.1 Å². The minimum Gasteiger partial charge on any atom is -0.384 e. The number of likely N-dealkylation sites (N-methyl/N-ethyl adjacent to an activating group) is 1. The van der Waals surface area contributed by atoms with Gasteiger partial charge < -0.3 is 15.2 Å². The number of nitrogens with zero attached hydrogens (tertiary/aromatic N) is 2. The Kier molecular flexibility index (Phi) is 4.20. The summed E-state index contributed by atoms with van der Waals surface area (Å²) in [5.41, 5.74) is 7.16. The van der Waals surface area contributed by atoms with E-state index < -0.39 is 0 Å². The van der Waals surface area contributed by atoms with Crippen molar-refractivity contribution in [2.75, 3.05) is 18.5 Å². The van der Waals surface area contributed by atoms with E-state index in [1.54, 1.807) is 29.0 Å². The van der Waals surface area contributed by atoms with Gasteiger partial charge in [-0.2, -0.15) is 0 Å². The number of nitrogens with two attached hydrogens (primary N) is 1. The van der Waals surface area contributed by atoms with Gasteiger partial charge in [-0.15, -0.1) is 0 Å². The highest BCUT2D eigenvalue weighted by molar-refractivity contribution is 5.95. The van der Waals surface area contributed by atoms with Gasteiger partial charge in [0.2, 0.25) is 0 Å². The molecule has 0 saturated heterocycles. The number of nitrogen functional groups attached to an aromatic ring is 1. The van der Waals surface area contributed by atoms with Crippen molar-refractivity contribution in [2.45, 2.75) is 6.54 Å². The Bertz CT molecular complexity index is 663. The van der Waals surface area contributed by atoms with E-state index in [-0.39, 0.29) is 11.4 Å². The van der Waals surface area contributed by atoms with Crippen LogP contribution in [0, 0.1) is 5.41 Å². The summed E-state index contributed by atoms with van der Waals surface area (Å²) in [6, 6.07) is 12.6. The number of amidine groups is 1. The third kappa shape index (κ3) is 3.26. The molecule has 0 unspecified atom stereocenters. The Labute approximate surface area is 117 Å². The first-order valence-electron chi connectivity index (χ1n) is 6.39. The Morgan fingerprint density at radius 1 is 1.30 bits per heavy atom. The molecular weight excluding hydrogens is 252 g/mol. The van der Waals surface area contributed by atoms with E-state index in [1.807, 2.05) is 36.2 Å². The van der Waals surface area contributed by atoms with Crippen molar-refractivity contribution >= 4 is 11.5 Å². The predicted octanol–water partition coefficient (Wildman–Crippen LogP) is 1.27. The van der Waals surface area contributed by atoms with Gasteiger partial charge in [-0.1, -0.05) is 18.2 Å². The zero-order valence-corrected chi connectivity index (χ0v) is 11.4. The van der Waals surface area contributed by atoms with Crippen LogP contribution in [0.1, 0.15) is 5.56 Å². The van der Waals surface area contributed by atoms with Crippen LogP contribution in [0.2, 0.25) is 0 Å². The van der Waals surface area contributed by atoms with Crippen molar-refractivity contribution in [1.82, 2.24) is 4.57 Å². The average molecular weight is 270 g/mol. The van der Waals surface area contributed by atoms with Gasteiger partial charge in [-0.25, -0.2) is 0 Å². The van der Waals surface area contributed by atoms with Gasteiger partial charge in [0.15, 0.2) is 0 Å². The molecule has 1 aromatic heterocycles. The summed E-state index contributed by atoms with van der Waals surface area (Å²) in [4.78, 5) is 13.6. The second kappa shape index (κ2) is 6.06. The molecule has 3 N–H and O–H groups in total. The summed E-state index contributed by atoms with van der Waals surface area (Å²) >= 11 is 0. The summed E-state index contributed by atoms with van der Waals surface area (Å²) in [6.07, 6.45) is 1.78. The number of benzene rings is 1. The lowest BCUT2D eigenvalue weighted by molar-refractivity contribution is 0.661. The molecule has 2 rings (SSSR count). The zero-order valence-electron chi connectivity index (χ0n) is 11.4. The van der Waals surface area contributed by atoms with Crippen LogP contribution in [-0.4, -0.2) is 24.0 Å². The number of anilines is 1. The Balaban J connectivity index is 2.07. The Hall–Kier alpha value is -2.56. The summed E-state index contributed by atoms with van der Waals surface area (Å²) in [6.45, 7) is 1.31. The molecule has 0 aliphatic carbocycles. The summed E-state index contributed by atoms with van der Waals surface area (Å²) in [7, 11) is 1.95. The first-order chi connectivity index (χ1) is 9.58. The lowest BCUT2D eigenvalue weighted by atomic mass is 10.2. The fourth-order valence-electron chi connectivity index (χ4n) is 1.94. The number of rotatable bonds is 5. The Morgan fingerprint density at radius 2 is 2.10 bits per heavy atom. The average Bonchev–Trinajstić information content (AvgIpc) is 2.46. The molecule has 0 spiro atoms. The molecule has 0 amide bonds. The zero-order chi connectivity index (χ0) is 14.5. The van der Waals surface area contributed by atoms with Crippen LogP contribution < -0.4 is 16.2 Å². The smallest absolute Gasteiger partial charge is 0.250 e. The lowest BCUT2D eigenvalue weighted by Gasteiger charge is -2.20. The van der Waals surface area contributed by atoms with Gasteiger partial charge >= 0.3 is 0 Å². The molecule has 0 bridgehead atoms. The third-order valence-electron chi connectivity index (χ3n) is 3.17.